The first kappa shape index (κ1) is 21.7. The number of carbonyl (C=O) groups excluding carboxylic acids is 1. The minimum atomic E-state index is -0.275. The molecular weight excluding hydrogens is 470 g/mol. The minimum absolute atomic E-state index is 0.150. The number of amides is 1. The maximum absolute atomic E-state index is 12.3. The molecule has 0 saturated carbocycles. The number of nitrogens with zero attached hydrogens (tertiary/aromatic N) is 2. The zero-order chi connectivity index (χ0) is 21.0. The van der Waals surface area contributed by atoms with Crippen LogP contribution in [0, 0.1) is 13.8 Å². The summed E-state index contributed by atoms with van der Waals surface area (Å²) in [7, 11) is 0. The van der Waals surface area contributed by atoms with Crippen LogP contribution in [0.1, 0.15) is 23.9 Å². The van der Waals surface area contributed by atoms with Crippen LogP contribution in [-0.4, -0.2) is 21.9 Å². The summed E-state index contributed by atoms with van der Waals surface area (Å²) in [4.78, 5) is 13.3. The molecule has 150 valence electrons. The molecule has 2 aromatic carbocycles. The van der Waals surface area contributed by atoms with Crippen molar-refractivity contribution in [1.82, 2.24) is 9.99 Å². The SMILES string of the molecule is Cc1cc(/C=N/NC(=O)C(C)Sc2ccc(Cl)cc2)c(C)n1-c1ccc(Br)cc1. The molecule has 0 aliphatic heterocycles. The minimum Gasteiger partial charge on any atom is -0.318 e. The summed E-state index contributed by atoms with van der Waals surface area (Å²) in [6.45, 7) is 5.94. The second-order valence-electron chi connectivity index (χ2n) is 6.59. The smallest absolute Gasteiger partial charge is 0.253 e. The summed E-state index contributed by atoms with van der Waals surface area (Å²) < 4.78 is 3.20. The summed E-state index contributed by atoms with van der Waals surface area (Å²) in [5, 5.41) is 4.56. The van der Waals surface area contributed by atoms with Crippen molar-refractivity contribution in [2.24, 2.45) is 5.10 Å². The Morgan fingerprint density at radius 3 is 2.48 bits per heavy atom. The second-order valence-corrected chi connectivity index (χ2v) is 9.35. The Hall–Kier alpha value is -2.02. The molecule has 0 aliphatic carbocycles. The van der Waals surface area contributed by atoms with E-state index in [1.165, 1.54) is 11.8 Å². The van der Waals surface area contributed by atoms with E-state index in [1.807, 2.05) is 50.2 Å². The van der Waals surface area contributed by atoms with Gasteiger partial charge in [-0.3, -0.25) is 4.79 Å². The molecule has 0 saturated heterocycles. The lowest BCUT2D eigenvalue weighted by molar-refractivity contribution is -0.120. The van der Waals surface area contributed by atoms with Crippen molar-refractivity contribution in [2.75, 3.05) is 0 Å². The van der Waals surface area contributed by atoms with Gasteiger partial charge in [-0.25, -0.2) is 5.43 Å². The highest BCUT2D eigenvalue weighted by molar-refractivity contribution is 9.10. The number of aryl methyl sites for hydroxylation is 1. The third-order valence-electron chi connectivity index (χ3n) is 4.43. The molecule has 0 fully saturated rings. The molecule has 1 N–H and O–H groups in total. The fraction of sp³-hybridized carbons (Fsp3) is 0.182. The van der Waals surface area contributed by atoms with Gasteiger partial charge >= 0.3 is 0 Å². The van der Waals surface area contributed by atoms with Crippen LogP contribution in [0.2, 0.25) is 5.02 Å². The molecule has 1 amide bonds. The summed E-state index contributed by atoms with van der Waals surface area (Å²) in [5.74, 6) is -0.150. The molecule has 3 rings (SSSR count). The average Bonchev–Trinajstić information content (AvgIpc) is 2.97. The first-order chi connectivity index (χ1) is 13.8. The van der Waals surface area contributed by atoms with E-state index in [4.69, 9.17) is 11.6 Å². The van der Waals surface area contributed by atoms with Crippen LogP contribution in [0.5, 0.6) is 0 Å². The van der Waals surface area contributed by atoms with Gasteiger partial charge in [0.25, 0.3) is 5.91 Å². The van der Waals surface area contributed by atoms with Crippen LogP contribution >= 0.6 is 39.3 Å². The Labute approximate surface area is 188 Å². The summed E-state index contributed by atoms with van der Waals surface area (Å²) in [6.07, 6.45) is 1.69. The molecule has 29 heavy (non-hydrogen) atoms. The van der Waals surface area contributed by atoms with E-state index in [0.717, 1.165) is 32.0 Å². The number of halogens is 2. The van der Waals surface area contributed by atoms with Crippen LogP contribution in [-0.2, 0) is 4.79 Å². The standard InChI is InChI=1S/C22H21BrClN3OS/c1-14-12-17(15(2)27(14)20-8-4-18(23)5-9-20)13-25-26-22(28)16(3)29-21-10-6-19(24)7-11-21/h4-13,16H,1-3H3,(H,26,28)/b25-13+. The Morgan fingerprint density at radius 1 is 1.17 bits per heavy atom. The Balaban J connectivity index is 1.65. The number of hydrogen-bond acceptors (Lipinski definition) is 3. The van der Waals surface area contributed by atoms with E-state index in [9.17, 15) is 4.79 Å². The van der Waals surface area contributed by atoms with E-state index >= 15 is 0 Å². The van der Waals surface area contributed by atoms with E-state index in [1.54, 1.807) is 6.21 Å². The van der Waals surface area contributed by atoms with E-state index in [-0.39, 0.29) is 11.2 Å². The highest BCUT2D eigenvalue weighted by Crippen LogP contribution is 2.25. The predicted octanol–water partition coefficient (Wildman–Crippen LogP) is 6.14. The maximum atomic E-state index is 12.3. The van der Waals surface area contributed by atoms with Gasteiger partial charge in [-0.05, 0) is 75.4 Å². The number of nitrogens with one attached hydrogen (secondary N) is 1. The van der Waals surface area contributed by atoms with Gasteiger partial charge in [0, 0.05) is 37.0 Å². The molecule has 0 aliphatic rings. The van der Waals surface area contributed by atoms with Crippen LogP contribution in [0.15, 0.2) is 69.1 Å². The lowest BCUT2D eigenvalue weighted by atomic mass is 10.2. The van der Waals surface area contributed by atoms with Gasteiger partial charge in [-0.15, -0.1) is 11.8 Å². The van der Waals surface area contributed by atoms with E-state index < -0.39 is 0 Å². The Morgan fingerprint density at radius 2 is 1.83 bits per heavy atom. The van der Waals surface area contributed by atoms with E-state index in [0.29, 0.717) is 5.02 Å². The zero-order valence-corrected chi connectivity index (χ0v) is 19.5. The maximum Gasteiger partial charge on any atom is 0.253 e. The summed E-state index contributed by atoms with van der Waals surface area (Å²) >= 11 is 10.8. The number of carbonyl (C=O) groups is 1. The molecule has 0 spiro atoms. The van der Waals surface area contributed by atoms with Crippen molar-refractivity contribution in [2.45, 2.75) is 30.9 Å². The lowest BCUT2D eigenvalue weighted by Crippen LogP contribution is -2.26. The highest BCUT2D eigenvalue weighted by Gasteiger charge is 2.14. The Bertz CT molecular complexity index is 1030. The quantitative estimate of drug-likeness (QED) is 0.256. The number of aromatic nitrogens is 1. The molecule has 7 heteroatoms. The normalized spacial score (nSPS) is 12.3. The van der Waals surface area contributed by atoms with Gasteiger partial charge in [0.05, 0.1) is 11.5 Å². The second kappa shape index (κ2) is 9.65. The molecule has 1 atom stereocenters. The van der Waals surface area contributed by atoms with Gasteiger partial charge < -0.3 is 4.57 Å². The van der Waals surface area contributed by atoms with Crippen LogP contribution in [0.25, 0.3) is 5.69 Å². The van der Waals surface area contributed by atoms with Gasteiger partial charge in [-0.2, -0.15) is 5.10 Å². The highest BCUT2D eigenvalue weighted by atomic mass is 79.9. The van der Waals surface area contributed by atoms with Crippen molar-refractivity contribution in [3.05, 3.63) is 81.0 Å². The molecule has 4 nitrogen and oxygen atoms in total. The molecule has 1 aromatic heterocycles. The van der Waals surface area contributed by atoms with Crippen molar-refractivity contribution in [3.8, 4) is 5.69 Å². The van der Waals surface area contributed by atoms with E-state index in [2.05, 4.69) is 56.1 Å². The lowest BCUT2D eigenvalue weighted by Gasteiger charge is -2.10. The molecule has 1 heterocycles. The summed E-state index contributed by atoms with van der Waals surface area (Å²) in [6, 6.07) is 17.6. The first-order valence-corrected chi connectivity index (χ1v) is 11.1. The predicted molar refractivity (Wildman–Crippen MR) is 125 cm³/mol. The number of rotatable bonds is 6. The monoisotopic (exact) mass is 489 g/mol. The van der Waals surface area contributed by atoms with Crippen molar-refractivity contribution in [1.29, 1.82) is 0 Å². The number of benzene rings is 2. The Kier molecular flexibility index (Phi) is 7.22. The van der Waals surface area contributed by atoms with Crippen LogP contribution in [0.4, 0.5) is 0 Å². The number of hydrogen-bond donors (Lipinski definition) is 1. The molecule has 3 aromatic rings. The fourth-order valence-corrected chi connectivity index (χ4v) is 4.18. The fourth-order valence-electron chi connectivity index (χ4n) is 2.93. The molecule has 0 radical (unpaired) electrons. The molecule has 0 bridgehead atoms. The van der Waals surface area contributed by atoms with Gasteiger partial charge in [-0.1, -0.05) is 27.5 Å². The largest absolute Gasteiger partial charge is 0.318 e. The van der Waals surface area contributed by atoms with Crippen LogP contribution in [0.3, 0.4) is 0 Å². The van der Waals surface area contributed by atoms with Crippen molar-refractivity contribution < 1.29 is 4.79 Å². The van der Waals surface area contributed by atoms with Crippen LogP contribution < -0.4 is 5.43 Å². The number of thioether (sulfide) groups is 1. The van der Waals surface area contributed by atoms with Gasteiger partial charge in [0.2, 0.25) is 0 Å². The number of hydrazone groups is 1. The zero-order valence-electron chi connectivity index (χ0n) is 16.3. The molecular formula is C22H21BrClN3OS. The topological polar surface area (TPSA) is 46.4 Å². The van der Waals surface area contributed by atoms with Crippen molar-refractivity contribution >= 4 is 51.4 Å². The van der Waals surface area contributed by atoms with Crippen molar-refractivity contribution in [3.63, 3.8) is 0 Å². The third kappa shape index (κ3) is 5.53. The third-order valence-corrected chi connectivity index (χ3v) is 6.32. The first-order valence-electron chi connectivity index (χ1n) is 9.05. The average molecular weight is 491 g/mol. The van der Waals surface area contributed by atoms with Gasteiger partial charge in [0.15, 0.2) is 0 Å². The van der Waals surface area contributed by atoms with Gasteiger partial charge in [0.1, 0.15) is 0 Å². The molecule has 1 unspecified atom stereocenters. The summed E-state index contributed by atoms with van der Waals surface area (Å²) in [5.41, 5.74) is 6.84.